The fourth-order valence-electron chi connectivity index (χ4n) is 0.407. The maximum Gasteiger partial charge on any atom is 0.405 e. The van der Waals surface area contributed by atoms with Gasteiger partial charge in [0.05, 0.1) is 6.20 Å². The van der Waals surface area contributed by atoms with E-state index in [-0.39, 0.29) is 5.96 Å². The summed E-state index contributed by atoms with van der Waals surface area (Å²) in [6.07, 6.45) is 4.33. The lowest BCUT2D eigenvalue weighted by atomic mass is 10.8. The molecule has 0 saturated heterocycles. The van der Waals surface area contributed by atoms with Gasteiger partial charge in [-0.3, -0.25) is 5.73 Å². The van der Waals surface area contributed by atoms with Crippen molar-refractivity contribution in [3.8, 4) is 0 Å². The smallest absolute Gasteiger partial charge is 0.286 e. The Labute approximate surface area is 51.7 Å². The summed E-state index contributed by atoms with van der Waals surface area (Å²) >= 11 is 0. The molecular formula is C4H6N5+. The molecule has 5 nitrogen and oxygen atoms in total. The molecule has 3 N–H and O–H groups in total. The van der Waals surface area contributed by atoms with Crippen molar-refractivity contribution >= 4 is 5.96 Å². The summed E-state index contributed by atoms with van der Waals surface area (Å²) < 4.78 is 1.22. The Morgan fingerprint density at radius 2 is 2.44 bits per heavy atom. The molecule has 1 aromatic heterocycles. The monoisotopic (exact) mass is 124 g/mol. The van der Waals surface area contributed by atoms with Gasteiger partial charge in [0.25, 0.3) is 0 Å². The van der Waals surface area contributed by atoms with Crippen LogP contribution in [0.2, 0.25) is 0 Å². The van der Waals surface area contributed by atoms with Crippen molar-refractivity contribution in [2.45, 2.75) is 0 Å². The van der Waals surface area contributed by atoms with Crippen LogP contribution in [0.4, 0.5) is 0 Å². The Hall–Kier alpha value is -1.52. The summed E-state index contributed by atoms with van der Waals surface area (Å²) in [6.45, 7) is 0. The molecule has 0 bridgehead atoms. The number of rotatable bonds is 0. The first-order valence-electron chi connectivity index (χ1n) is 2.33. The quantitative estimate of drug-likeness (QED) is 0.251. The van der Waals surface area contributed by atoms with E-state index in [1.807, 2.05) is 0 Å². The van der Waals surface area contributed by atoms with E-state index in [0.717, 1.165) is 0 Å². The number of aromatic nitrogens is 3. The van der Waals surface area contributed by atoms with Crippen LogP contribution in [0.3, 0.4) is 0 Å². The Bertz CT molecular complexity index is 205. The van der Waals surface area contributed by atoms with Crippen LogP contribution in [0, 0.1) is 5.41 Å². The zero-order valence-electron chi connectivity index (χ0n) is 4.65. The third kappa shape index (κ3) is 1.18. The lowest BCUT2D eigenvalue weighted by Crippen LogP contribution is -2.50. The van der Waals surface area contributed by atoms with Gasteiger partial charge in [0.2, 0.25) is 0 Å². The van der Waals surface area contributed by atoms with Gasteiger partial charge in [0.1, 0.15) is 6.20 Å². The zero-order chi connectivity index (χ0) is 6.69. The van der Waals surface area contributed by atoms with Gasteiger partial charge in [0.15, 0.2) is 6.33 Å². The van der Waals surface area contributed by atoms with Gasteiger partial charge in [-0.05, 0) is 0 Å². The molecule has 1 heterocycles. The van der Waals surface area contributed by atoms with Crippen LogP contribution in [0.1, 0.15) is 0 Å². The number of nitrogens with two attached hydrogens (primary N) is 1. The fraction of sp³-hybridized carbons (Fsp3) is 0. The number of hydrogen-bond acceptors (Lipinski definition) is 3. The number of hydrogen-bond donors (Lipinski definition) is 2. The van der Waals surface area contributed by atoms with Crippen LogP contribution < -0.4 is 10.4 Å². The van der Waals surface area contributed by atoms with Gasteiger partial charge in [-0.15, -0.1) is 10.1 Å². The Balaban J connectivity index is 2.98. The van der Waals surface area contributed by atoms with Gasteiger partial charge >= 0.3 is 5.96 Å². The Morgan fingerprint density at radius 3 is 2.78 bits per heavy atom. The van der Waals surface area contributed by atoms with Crippen LogP contribution in [0.25, 0.3) is 0 Å². The molecule has 0 amide bonds. The van der Waals surface area contributed by atoms with E-state index in [4.69, 9.17) is 11.1 Å². The van der Waals surface area contributed by atoms with Gasteiger partial charge in [-0.25, -0.2) is 4.98 Å². The van der Waals surface area contributed by atoms with Crippen LogP contribution in [-0.2, 0) is 0 Å². The highest BCUT2D eigenvalue weighted by Crippen LogP contribution is 1.60. The second kappa shape index (κ2) is 2.17. The predicted molar refractivity (Wildman–Crippen MR) is 29.5 cm³/mol. The first-order valence-corrected chi connectivity index (χ1v) is 2.33. The van der Waals surface area contributed by atoms with Crippen molar-refractivity contribution in [2.75, 3.05) is 0 Å². The molecule has 0 saturated carbocycles. The minimum absolute atomic E-state index is 0.114. The molecule has 0 unspecified atom stereocenters. The van der Waals surface area contributed by atoms with Gasteiger partial charge < -0.3 is 0 Å². The third-order valence-electron chi connectivity index (χ3n) is 0.783. The molecule has 9 heavy (non-hydrogen) atoms. The van der Waals surface area contributed by atoms with E-state index in [0.29, 0.717) is 0 Å². The minimum Gasteiger partial charge on any atom is -0.286 e. The molecule has 0 aliphatic carbocycles. The lowest BCUT2D eigenvalue weighted by molar-refractivity contribution is -0.625. The van der Waals surface area contributed by atoms with Crippen LogP contribution >= 0.6 is 0 Å². The normalized spacial score (nSPS) is 8.89. The topological polar surface area (TPSA) is 79.5 Å². The van der Waals surface area contributed by atoms with E-state index in [1.165, 1.54) is 23.4 Å². The molecule has 0 radical (unpaired) electrons. The second-order valence-corrected chi connectivity index (χ2v) is 1.41. The van der Waals surface area contributed by atoms with Crippen LogP contribution in [-0.4, -0.2) is 16.0 Å². The van der Waals surface area contributed by atoms with Crippen molar-refractivity contribution < 1.29 is 4.68 Å². The summed E-state index contributed by atoms with van der Waals surface area (Å²) in [5.41, 5.74) is 5.07. The minimum atomic E-state index is -0.114. The highest BCUT2D eigenvalue weighted by molar-refractivity contribution is 5.63. The first kappa shape index (κ1) is 5.61. The molecule has 5 heteroatoms. The molecule has 0 spiro atoms. The molecule has 1 aromatic rings. The van der Waals surface area contributed by atoms with Crippen molar-refractivity contribution in [3.63, 3.8) is 0 Å². The number of nitrogens with zero attached hydrogens (tertiary/aromatic N) is 3. The van der Waals surface area contributed by atoms with Crippen molar-refractivity contribution in [1.29, 1.82) is 5.41 Å². The first-order chi connectivity index (χ1) is 4.30. The van der Waals surface area contributed by atoms with E-state index in [2.05, 4.69) is 10.1 Å². The van der Waals surface area contributed by atoms with E-state index in [9.17, 15) is 0 Å². The Kier molecular flexibility index (Phi) is 1.35. The predicted octanol–water partition coefficient (Wildman–Crippen LogP) is -1.49. The summed E-state index contributed by atoms with van der Waals surface area (Å²) in [6, 6.07) is 0. The number of nitrogen functional groups attached to an aromatic ring is 1. The molecule has 0 aromatic carbocycles. The van der Waals surface area contributed by atoms with Crippen molar-refractivity contribution in [1.82, 2.24) is 10.1 Å². The molecule has 0 atom stereocenters. The maximum atomic E-state index is 6.89. The average Bonchev–Trinajstić information content (AvgIpc) is 1.90. The van der Waals surface area contributed by atoms with Crippen molar-refractivity contribution in [3.05, 3.63) is 18.7 Å². The highest BCUT2D eigenvalue weighted by Gasteiger charge is 1.97. The van der Waals surface area contributed by atoms with E-state index in [1.54, 1.807) is 0 Å². The molecule has 0 aliphatic heterocycles. The van der Waals surface area contributed by atoms with Gasteiger partial charge in [-0.2, -0.15) is 0 Å². The summed E-state index contributed by atoms with van der Waals surface area (Å²) in [5, 5.41) is 10.5. The second-order valence-electron chi connectivity index (χ2n) is 1.41. The van der Waals surface area contributed by atoms with E-state index < -0.39 is 0 Å². The standard InChI is InChI=1S/C4H6N5/c5-4(6)9-2-1-7-3-8-9/h1-3H,(H3,5,6)/q+1. The molecule has 0 fully saturated rings. The Morgan fingerprint density at radius 1 is 1.67 bits per heavy atom. The van der Waals surface area contributed by atoms with E-state index >= 15 is 0 Å². The largest absolute Gasteiger partial charge is 0.405 e. The summed E-state index contributed by atoms with van der Waals surface area (Å²) in [7, 11) is 0. The molecular weight excluding hydrogens is 118 g/mol. The summed E-state index contributed by atoms with van der Waals surface area (Å²) in [4.78, 5) is 3.64. The maximum absolute atomic E-state index is 6.89. The molecule has 0 aliphatic rings. The van der Waals surface area contributed by atoms with Gasteiger partial charge in [-0.1, -0.05) is 5.10 Å². The highest BCUT2D eigenvalue weighted by atomic mass is 15.3. The molecule has 1 rings (SSSR count). The van der Waals surface area contributed by atoms with Crippen LogP contribution in [0.5, 0.6) is 0 Å². The third-order valence-corrected chi connectivity index (χ3v) is 0.783. The van der Waals surface area contributed by atoms with Gasteiger partial charge in [0, 0.05) is 0 Å². The van der Waals surface area contributed by atoms with Crippen molar-refractivity contribution in [2.24, 2.45) is 5.73 Å². The summed E-state index contributed by atoms with van der Waals surface area (Å²) in [5.74, 6) is -0.114. The lowest BCUT2D eigenvalue weighted by Gasteiger charge is -1.87. The number of nitrogens with one attached hydrogen (secondary N) is 1. The van der Waals surface area contributed by atoms with Crippen LogP contribution in [0.15, 0.2) is 18.7 Å². The SMILES string of the molecule is N=C(N)[n+]1ccncn1. The zero-order valence-corrected chi connectivity index (χ0v) is 4.65. The fourth-order valence-corrected chi connectivity index (χ4v) is 0.407. The molecule has 46 valence electrons. The average molecular weight is 124 g/mol.